The van der Waals surface area contributed by atoms with E-state index in [-0.39, 0.29) is 6.10 Å². The lowest BCUT2D eigenvalue weighted by atomic mass is 10.1. The molecule has 1 aliphatic rings. The monoisotopic (exact) mass is 305 g/mol. The lowest BCUT2D eigenvalue weighted by Crippen LogP contribution is -2.43. The van der Waals surface area contributed by atoms with E-state index in [9.17, 15) is 0 Å². The van der Waals surface area contributed by atoms with Crippen LogP contribution in [0.15, 0.2) is 29.3 Å². The molecule has 122 valence electrons. The summed E-state index contributed by atoms with van der Waals surface area (Å²) in [6.07, 6.45) is 1.10. The van der Waals surface area contributed by atoms with E-state index >= 15 is 0 Å². The van der Waals surface area contributed by atoms with E-state index < -0.39 is 0 Å². The number of nitrogens with zero attached hydrogens (tertiary/aromatic N) is 1. The van der Waals surface area contributed by atoms with Gasteiger partial charge in [0.05, 0.1) is 13.2 Å². The van der Waals surface area contributed by atoms with E-state index in [0.717, 1.165) is 37.8 Å². The average molecular weight is 305 g/mol. The van der Waals surface area contributed by atoms with Gasteiger partial charge in [-0.1, -0.05) is 32.0 Å². The minimum atomic E-state index is 0.160. The van der Waals surface area contributed by atoms with Gasteiger partial charge in [0.15, 0.2) is 5.96 Å². The second kappa shape index (κ2) is 8.63. The summed E-state index contributed by atoms with van der Waals surface area (Å²) in [4.78, 5) is 4.21. The summed E-state index contributed by atoms with van der Waals surface area (Å²) in [5, 5.41) is 6.55. The number of hydrogen-bond donors (Lipinski definition) is 2. The summed E-state index contributed by atoms with van der Waals surface area (Å²) >= 11 is 0. The summed E-state index contributed by atoms with van der Waals surface area (Å²) in [6.45, 7) is 7.26. The summed E-state index contributed by atoms with van der Waals surface area (Å²) in [7, 11) is 1.77. The molecule has 0 spiro atoms. The molecule has 0 radical (unpaired) electrons. The third-order valence-electron chi connectivity index (χ3n) is 3.42. The zero-order valence-electron chi connectivity index (χ0n) is 13.8. The maximum absolute atomic E-state index is 5.90. The Balaban J connectivity index is 1.63. The maximum atomic E-state index is 5.90. The third-order valence-corrected chi connectivity index (χ3v) is 3.42. The number of aliphatic imine (C=N–C) groups is 1. The molecule has 1 heterocycles. The molecule has 0 aromatic heterocycles. The van der Waals surface area contributed by atoms with Crippen molar-refractivity contribution in [1.82, 2.24) is 10.6 Å². The molecule has 0 saturated carbocycles. The molecular weight excluding hydrogens is 278 g/mol. The van der Waals surface area contributed by atoms with Crippen LogP contribution in [0.4, 0.5) is 0 Å². The highest BCUT2D eigenvalue weighted by atomic mass is 16.5. The van der Waals surface area contributed by atoms with Crippen LogP contribution < -0.4 is 15.4 Å². The first-order valence-electron chi connectivity index (χ1n) is 7.96. The molecule has 1 aromatic carbocycles. The quantitative estimate of drug-likeness (QED) is 0.458. The molecule has 1 unspecified atom stereocenters. The van der Waals surface area contributed by atoms with Gasteiger partial charge in [-0.15, -0.1) is 0 Å². The summed E-state index contributed by atoms with van der Waals surface area (Å²) in [5.74, 6) is 2.35. The van der Waals surface area contributed by atoms with Gasteiger partial charge < -0.3 is 20.1 Å². The Bertz CT molecular complexity index is 464. The average Bonchev–Trinajstić information content (AvgIpc) is 2.92. The molecule has 1 atom stereocenters. The lowest BCUT2D eigenvalue weighted by molar-refractivity contribution is 0.114. The highest BCUT2D eigenvalue weighted by Gasteiger charge is 2.22. The summed E-state index contributed by atoms with van der Waals surface area (Å²) in [6, 6.07) is 8.20. The maximum Gasteiger partial charge on any atom is 0.191 e. The molecule has 0 saturated heterocycles. The number of fused-ring (bicyclic) bond motifs is 1. The van der Waals surface area contributed by atoms with Crippen molar-refractivity contribution in [2.45, 2.75) is 26.4 Å². The van der Waals surface area contributed by atoms with E-state index in [1.54, 1.807) is 7.05 Å². The third kappa shape index (κ3) is 5.22. The van der Waals surface area contributed by atoms with E-state index in [1.807, 2.05) is 12.1 Å². The summed E-state index contributed by atoms with van der Waals surface area (Å²) in [5.41, 5.74) is 1.28. The van der Waals surface area contributed by atoms with Crippen molar-refractivity contribution in [2.24, 2.45) is 10.9 Å². The predicted octanol–water partition coefficient (Wildman–Crippen LogP) is 1.83. The standard InChI is InChI=1S/C17H27N3O2/c1-13(2)12-21-9-8-19-17(18-3)20-11-15-10-14-6-4-5-7-16(14)22-15/h4-7,13,15H,8-12H2,1-3H3,(H2,18,19,20). The van der Waals surface area contributed by atoms with Gasteiger partial charge in [0.2, 0.25) is 0 Å². The van der Waals surface area contributed by atoms with Crippen LogP contribution in [0, 0.1) is 5.92 Å². The van der Waals surface area contributed by atoms with Gasteiger partial charge in [-0.05, 0) is 17.5 Å². The normalized spacial score (nSPS) is 17.3. The largest absolute Gasteiger partial charge is 0.488 e. The number of guanidine groups is 1. The Morgan fingerprint density at radius 1 is 1.36 bits per heavy atom. The van der Waals surface area contributed by atoms with Gasteiger partial charge in [0.25, 0.3) is 0 Å². The number of hydrogen-bond acceptors (Lipinski definition) is 3. The molecule has 5 heteroatoms. The Morgan fingerprint density at radius 2 is 2.18 bits per heavy atom. The molecule has 1 aromatic rings. The van der Waals surface area contributed by atoms with Crippen molar-refractivity contribution in [3.8, 4) is 5.75 Å². The molecule has 2 N–H and O–H groups in total. The van der Waals surface area contributed by atoms with Gasteiger partial charge in [0.1, 0.15) is 11.9 Å². The minimum absolute atomic E-state index is 0.160. The molecule has 5 nitrogen and oxygen atoms in total. The van der Waals surface area contributed by atoms with Crippen LogP contribution in [0.3, 0.4) is 0 Å². The molecule has 1 aliphatic heterocycles. The second-order valence-electron chi connectivity index (χ2n) is 5.90. The zero-order chi connectivity index (χ0) is 15.8. The van der Waals surface area contributed by atoms with Gasteiger partial charge >= 0.3 is 0 Å². The van der Waals surface area contributed by atoms with Gasteiger partial charge in [-0.25, -0.2) is 0 Å². The van der Waals surface area contributed by atoms with Crippen LogP contribution >= 0.6 is 0 Å². The molecule has 2 rings (SSSR count). The summed E-state index contributed by atoms with van der Waals surface area (Å²) < 4.78 is 11.4. The molecule has 0 aliphatic carbocycles. The Kier molecular flexibility index (Phi) is 6.52. The van der Waals surface area contributed by atoms with Crippen molar-refractivity contribution in [2.75, 3.05) is 33.4 Å². The second-order valence-corrected chi connectivity index (χ2v) is 5.90. The van der Waals surface area contributed by atoms with E-state index in [2.05, 4.69) is 41.6 Å². The smallest absolute Gasteiger partial charge is 0.191 e. The first kappa shape index (κ1) is 16.6. The van der Waals surface area contributed by atoms with Crippen LogP contribution in [0.1, 0.15) is 19.4 Å². The van der Waals surface area contributed by atoms with Crippen LogP contribution in [0.2, 0.25) is 0 Å². The van der Waals surface area contributed by atoms with Crippen LogP contribution in [-0.4, -0.2) is 45.4 Å². The zero-order valence-corrected chi connectivity index (χ0v) is 13.8. The van der Waals surface area contributed by atoms with Gasteiger partial charge in [-0.2, -0.15) is 0 Å². The van der Waals surface area contributed by atoms with Gasteiger partial charge in [0, 0.05) is 26.6 Å². The number of benzene rings is 1. The topological polar surface area (TPSA) is 54.9 Å². The Hall–Kier alpha value is -1.75. The molecule has 0 amide bonds. The first-order valence-corrected chi connectivity index (χ1v) is 7.96. The number of para-hydroxylation sites is 1. The van der Waals surface area contributed by atoms with Crippen molar-refractivity contribution in [1.29, 1.82) is 0 Å². The number of rotatable bonds is 7. The molecular formula is C17H27N3O2. The van der Waals surface area contributed by atoms with Crippen LogP contribution in [-0.2, 0) is 11.2 Å². The van der Waals surface area contributed by atoms with Crippen molar-refractivity contribution in [3.63, 3.8) is 0 Å². The van der Waals surface area contributed by atoms with E-state index in [4.69, 9.17) is 9.47 Å². The Morgan fingerprint density at radius 3 is 2.91 bits per heavy atom. The van der Waals surface area contributed by atoms with Crippen LogP contribution in [0.5, 0.6) is 5.75 Å². The fourth-order valence-electron chi connectivity index (χ4n) is 2.36. The SMILES string of the molecule is CN=C(NCCOCC(C)C)NCC1Cc2ccccc2O1. The molecule has 0 bridgehead atoms. The predicted molar refractivity (Wildman–Crippen MR) is 89.6 cm³/mol. The van der Waals surface area contributed by atoms with E-state index in [0.29, 0.717) is 12.5 Å². The fraction of sp³-hybridized carbons (Fsp3) is 0.588. The number of nitrogens with one attached hydrogen (secondary N) is 2. The number of ether oxygens (including phenoxy) is 2. The van der Waals surface area contributed by atoms with Crippen molar-refractivity contribution < 1.29 is 9.47 Å². The van der Waals surface area contributed by atoms with Gasteiger partial charge in [-0.3, -0.25) is 4.99 Å². The minimum Gasteiger partial charge on any atom is -0.488 e. The molecule has 22 heavy (non-hydrogen) atoms. The van der Waals surface area contributed by atoms with Crippen molar-refractivity contribution in [3.05, 3.63) is 29.8 Å². The highest BCUT2D eigenvalue weighted by molar-refractivity contribution is 5.79. The molecule has 0 fully saturated rings. The fourth-order valence-corrected chi connectivity index (χ4v) is 2.36. The van der Waals surface area contributed by atoms with Crippen molar-refractivity contribution >= 4 is 5.96 Å². The first-order chi connectivity index (χ1) is 10.7. The Labute approximate surface area is 133 Å². The highest BCUT2D eigenvalue weighted by Crippen LogP contribution is 2.27. The van der Waals surface area contributed by atoms with Crippen LogP contribution in [0.25, 0.3) is 0 Å². The van der Waals surface area contributed by atoms with E-state index in [1.165, 1.54) is 5.56 Å². The lowest BCUT2D eigenvalue weighted by Gasteiger charge is -2.15.